The molecule has 2 aromatic carbocycles. The Kier molecular flexibility index (Phi) is 6.36. The lowest BCUT2D eigenvalue weighted by Crippen LogP contribution is -2.26. The van der Waals surface area contributed by atoms with Gasteiger partial charge in [0.2, 0.25) is 0 Å². The van der Waals surface area contributed by atoms with Crippen molar-refractivity contribution in [2.75, 3.05) is 18.5 Å². The molecule has 0 radical (unpaired) electrons. The average molecular weight is 436 g/mol. The van der Waals surface area contributed by atoms with Crippen LogP contribution in [0.1, 0.15) is 0 Å². The van der Waals surface area contributed by atoms with Gasteiger partial charge in [-0.3, -0.25) is 0 Å². The molecule has 2 aromatic rings. The van der Waals surface area contributed by atoms with E-state index in [0.717, 1.165) is 20.4 Å². The lowest BCUT2D eigenvalue weighted by molar-refractivity contribution is 0.117. The molecule has 0 bridgehead atoms. The summed E-state index contributed by atoms with van der Waals surface area (Å²) in [5.41, 5.74) is 0.852. The highest BCUT2D eigenvalue weighted by Crippen LogP contribution is 2.25. The molecule has 21 heavy (non-hydrogen) atoms. The number of benzene rings is 2. The zero-order valence-electron chi connectivity index (χ0n) is 11.0. The molecular formula is C15H14Br2ClNO2. The Hall–Kier alpha value is -0.750. The summed E-state index contributed by atoms with van der Waals surface area (Å²) in [6, 6.07) is 13.0. The van der Waals surface area contributed by atoms with Crippen LogP contribution in [0, 0.1) is 0 Å². The molecule has 0 aliphatic heterocycles. The number of hydrogen-bond donors (Lipinski definition) is 2. The molecule has 0 amide bonds. The summed E-state index contributed by atoms with van der Waals surface area (Å²) in [6.45, 7) is 0.597. The molecule has 3 nitrogen and oxygen atoms in total. The average Bonchev–Trinajstić information content (AvgIpc) is 2.46. The summed E-state index contributed by atoms with van der Waals surface area (Å²) in [7, 11) is 0. The summed E-state index contributed by atoms with van der Waals surface area (Å²) < 4.78 is 7.31. The number of aliphatic hydroxyl groups is 1. The zero-order valence-corrected chi connectivity index (χ0v) is 15.0. The van der Waals surface area contributed by atoms with E-state index < -0.39 is 6.10 Å². The van der Waals surface area contributed by atoms with Gasteiger partial charge in [0, 0.05) is 21.2 Å². The van der Waals surface area contributed by atoms with Crippen LogP contribution in [-0.2, 0) is 0 Å². The molecule has 0 aliphatic rings. The number of hydrogen-bond acceptors (Lipinski definition) is 3. The first-order valence-corrected chi connectivity index (χ1v) is 8.26. The SMILES string of the molecule is OC(CNc1ccc(Br)c(Cl)c1)COc1cccc(Br)c1. The molecular weight excluding hydrogens is 421 g/mol. The van der Waals surface area contributed by atoms with Gasteiger partial charge in [-0.25, -0.2) is 0 Å². The van der Waals surface area contributed by atoms with Crippen LogP contribution in [0.5, 0.6) is 5.75 Å². The zero-order chi connectivity index (χ0) is 15.2. The van der Waals surface area contributed by atoms with Gasteiger partial charge >= 0.3 is 0 Å². The van der Waals surface area contributed by atoms with E-state index in [1.165, 1.54) is 0 Å². The van der Waals surface area contributed by atoms with Gasteiger partial charge < -0.3 is 15.2 Å². The third-order valence-corrected chi connectivity index (χ3v) is 4.43. The predicted molar refractivity (Wildman–Crippen MR) is 93.3 cm³/mol. The number of anilines is 1. The second-order valence-corrected chi connectivity index (χ2v) is 6.61. The quantitative estimate of drug-likeness (QED) is 0.690. The first kappa shape index (κ1) is 16.6. The molecule has 2 rings (SSSR count). The molecule has 6 heteroatoms. The highest BCUT2D eigenvalue weighted by atomic mass is 79.9. The van der Waals surface area contributed by atoms with Crippen molar-refractivity contribution < 1.29 is 9.84 Å². The summed E-state index contributed by atoms with van der Waals surface area (Å²) in [4.78, 5) is 0. The topological polar surface area (TPSA) is 41.5 Å². The van der Waals surface area contributed by atoms with Gasteiger partial charge in [-0.2, -0.15) is 0 Å². The third-order valence-electron chi connectivity index (χ3n) is 2.70. The fraction of sp³-hybridized carbons (Fsp3) is 0.200. The number of aliphatic hydroxyl groups excluding tert-OH is 1. The standard InChI is InChI=1S/C15H14Br2ClNO2/c16-10-2-1-3-13(6-10)21-9-12(20)8-19-11-4-5-14(17)15(18)7-11/h1-7,12,19-20H,8-9H2. The summed E-state index contributed by atoms with van der Waals surface area (Å²) in [5, 5.41) is 13.7. The lowest BCUT2D eigenvalue weighted by atomic mass is 10.3. The second kappa shape index (κ2) is 8.03. The molecule has 0 saturated carbocycles. The van der Waals surface area contributed by atoms with Crippen LogP contribution >= 0.6 is 43.5 Å². The Morgan fingerprint density at radius 3 is 2.71 bits per heavy atom. The van der Waals surface area contributed by atoms with Gasteiger partial charge in [0.1, 0.15) is 18.5 Å². The number of ether oxygens (including phenoxy) is 1. The van der Waals surface area contributed by atoms with Crippen molar-refractivity contribution in [3.05, 3.63) is 56.4 Å². The molecule has 2 N–H and O–H groups in total. The smallest absolute Gasteiger partial charge is 0.120 e. The van der Waals surface area contributed by atoms with Crippen LogP contribution in [0.2, 0.25) is 5.02 Å². The summed E-state index contributed by atoms with van der Waals surface area (Å²) in [6.07, 6.45) is -0.619. The van der Waals surface area contributed by atoms with Crippen LogP contribution in [0.3, 0.4) is 0 Å². The van der Waals surface area contributed by atoms with Crippen LogP contribution in [0.15, 0.2) is 51.4 Å². The lowest BCUT2D eigenvalue weighted by Gasteiger charge is -2.14. The van der Waals surface area contributed by atoms with Crippen molar-refractivity contribution in [2.24, 2.45) is 0 Å². The maximum Gasteiger partial charge on any atom is 0.120 e. The first-order chi connectivity index (χ1) is 10.0. The Balaban J connectivity index is 1.79. The third kappa shape index (κ3) is 5.51. The largest absolute Gasteiger partial charge is 0.491 e. The monoisotopic (exact) mass is 433 g/mol. The van der Waals surface area contributed by atoms with Gasteiger partial charge in [0.05, 0.1) is 5.02 Å². The van der Waals surface area contributed by atoms with Gasteiger partial charge in [-0.1, -0.05) is 33.6 Å². The molecule has 0 saturated heterocycles. The van der Waals surface area contributed by atoms with Crippen LogP contribution in [0.4, 0.5) is 5.69 Å². The van der Waals surface area contributed by atoms with Crippen LogP contribution in [-0.4, -0.2) is 24.4 Å². The van der Waals surface area contributed by atoms with E-state index in [4.69, 9.17) is 16.3 Å². The fourth-order valence-electron chi connectivity index (χ4n) is 1.65. The Labute approximate surface area is 145 Å². The van der Waals surface area contributed by atoms with E-state index in [-0.39, 0.29) is 6.61 Å². The fourth-order valence-corrected chi connectivity index (χ4v) is 2.46. The van der Waals surface area contributed by atoms with Crippen molar-refractivity contribution in [1.29, 1.82) is 0 Å². The molecule has 1 unspecified atom stereocenters. The van der Waals surface area contributed by atoms with E-state index in [1.807, 2.05) is 36.4 Å². The van der Waals surface area contributed by atoms with Crippen molar-refractivity contribution in [1.82, 2.24) is 0 Å². The minimum atomic E-state index is -0.619. The second-order valence-electron chi connectivity index (χ2n) is 4.43. The normalized spacial score (nSPS) is 12.0. The van der Waals surface area contributed by atoms with Crippen LogP contribution < -0.4 is 10.1 Å². The summed E-state index contributed by atoms with van der Waals surface area (Å²) >= 11 is 12.7. The van der Waals surface area contributed by atoms with Gasteiger partial charge in [0.25, 0.3) is 0 Å². The minimum Gasteiger partial charge on any atom is -0.491 e. The maximum atomic E-state index is 9.92. The van der Waals surface area contributed by atoms with E-state index >= 15 is 0 Å². The Bertz CT molecular complexity index is 610. The molecule has 112 valence electrons. The number of halogens is 3. The Morgan fingerprint density at radius 1 is 1.19 bits per heavy atom. The Morgan fingerprint density at radius 2 is 2.00 bits per heavy atom. The summed E-state index contributed by atoms with van der Waals surface area (Å²) in [5.74, 6) is 0.718. The van der Waals surface area contributed by atoms with E-state index in [1.54, 1.807) is 6.07 Å². The van der Waals surface area contributed by atoms with Crippen LogP contribution in [0.25, 0.3) is 0 Å². The van der Waals surface area contributed by atoms with Gasteiger partial charge in [-0.15, -0.1) is 0 Å². The van der Waals surface area contributed by atoms with Crippen molar-refractivity contribution in [2.45, 2.75) is 6.10 Å². The minimum absolute atomic E-state index is 0.216. The molecule has 0 fully saturated rings. The highest BCUT2D eigenvalue weighted by Gasteiger charge is 2.06. The van der Waals surface area contributed by atoms with Gasteiger partial charge in [-0.05, 0) is 52.3 Å². The molecule has 0 spiro atoms. The predicted octanol–water partition coefficient (Wildman–Crippen LogP) is 4.72. The highest BCUT2D eigenvalue weighted by molar-refractivity contribution is 9.10. The van der Waals surface area contributed by atoms with Crippen molar-refractivity contribution in [3.63, 3.8) is 0 Å². The maximum absolute atomic E-state index is 9.92. The van der Waals surface area contributed by atoms with E-state index in [0.29, 0.717) is 11.6 Å². The molecule has 0 aromatic heterocycles. The van der Waals surface area contributed by atoms with Crippen molar-refractivity contribution >= 4 is 49.1 Å². The van der Waals surface area contributed by atoms with E-state index in [9.17, 15) is 5.11 Å². The van der Waals surface area contributed by atoms with Gasteiger partial charge in [0.15, 0.2) is 0 Å². The number of nitrogens with one attached hydrogen (secondary N) is 1. The first-order valence-electron chi connectivity index (χ1n) is 6.30. The number of rotatable bonds is 6. The molecule has 0 aliphatic carbocycles. The van der Waals surface area contributed by atoms with Crippen molar-refractivity contribution in [3.8, 4) is 5.75 Å². The van der Waals surface area contributed by atoms with E-state index in [2.05, 4.69) is 37.2 Å². The molecule has 1 atom stereocenters. The molecule has 0 heterocycles.